The second kappa shape index (κ2) is 3.40. The molecule has 0 aliphatic rings. The van der Waals surface area contributed by atoms with Crippen molar-refractivity contribution >= 4 is 5.78 Å². The van der Waals surface area contributed by atoms with Crippen LogP contribution in [0.4, 0.5) is 17.6 Å². The molecule has 0 bridgehead atoms. The smallest absolute Gasteiger partial charge is 0.284 e. The summed E-state index contributed by atoms with van der Waals surface area (Å²) in [5, 5.41) is 0. The van der Waals surface area contributed by atoms with E-state index in [0.29, 0.717) is 0 Å². The van der Waals surface area contributed by atoms with E-state index in [4.69, 9.17) is 0 Å². The van der Waals surface area contributed by atoms with Gasteiger partial charge in [0.2, 0.25) is 0 Å². The normalized spacial score (nSPS) is 11.5. The van der Waals surface area contributed by atoms with Crippen molar-refractivity contribution < 1.29 is 22.4 Å². The second-order valence-electron chi connectivity index (χ2n) is 2.74. The number of Topliss-reactive ketones (excluding diaryl/α,β-unsaturated/α-hetero) is 1. The van der Waals surface area contributed by atoms with Crippen LogP contribution in [0.25, 0.3) is 0 Å². The molecule has 76 valence electrons. The van der Waals surface area contributed by atoms with Crippen molar-refractivity contribution in [3.63, 3.8) is 0 Å². The fourth-order valence-electron chi connectivity index (χ4n) is 1.01. The maximum Gasteiger partial charge on any atom is 0.454 e. The molecular formula is C9H6F4O. The summed E-state index contributed by atoms with van der Waals surface area (Å²) < 4.78 is 48.7. The molecule has 0 radical (unpaired) electrons. The van der Waals surface area contributed by atoms with Gasteiger partial charge in [-0.2, -0.15) is 13.2 Å². The van der Waals surface area contributed by atoms with E-state index in [-0.39, 0.29) is 5.56 Å². The zero-order valence-electron chi connectivity index (χ0n) is 7.15. The van der Waals surface area contributed by atoms with E-state index in [1.165, 1.54) is 0 Å². The predicted octanol–water partition coefficient (Wildman–Crippen LogP) is 2.88. The lowest BCUT2D eigenvalue weighted by Gasteiger charge is -2.07. The lowest BCUT2D eigenvalue weighted by molar-refractivity contribution is -0.0885. The third-order valence-corrected chi connectivity index (χ3v) is 1.77. The van der Waals surface area contributed by atoms with Crippen LogP contribution in [0.1, 0.15) is 15.9 Å². The molecule has 0 aromatic heterocycles. The Morgan fingerprint density at radius 3 is 2.36 bits per heavy atom. The van der Waals surface area contributed by atoms with Crippen molar-refractivity contribution in [2.75, 3.05) is 0 Å². The van der Waals surface area contributed by atoms with Gasteiger partial charge in [0, 0.05) is 5.56 Å². The maximum atomic E-state index is 12.8. The van der Waals surface area contributed by atoms with Gasteiger partial charge in [0.05, 0.1) is 0 Å². The van der Waals surface area contributed by atoms with Crippen LogP contribution in [-0.4, -0.2) is 12.0 Å². The lowest BCUT2D eigenvalue weighted by Crippen LogP contribution is -2.23. The van der Waals surface area contributed by atoms with Crippen molar-refractivity contribution in [3.8, 4) is 0 Å². The molecule has 0 aliphatic heterocycles. The molecule has 0 spiro atoms. The Balaban J connectivity index is 3.21. The van der Waals surface area contributed by atoms with Gasteiger partial charge in [0.15, 0.2) is 0 Å². The van der Waals surface area contributed by atoms with Gasteiger partial charge >= 0.3 is 6.18 Å². The van der Waals surface area contributed by atoms with E-state index in [1.54, 1.807) is 0 Å². The van der Waals surface area contributed by atoms with Crippen LogP contribution in [0.3, 0.4) is 0 Å². The summed E-state index contributed by atoms with van der Waals surface area (Å²) in [7, 11) is 0. The van der Waals surface area contributed by atoms with E-state index >= 15 is 0 Å². The number of alkyl halides is 3. The van der Waals surface area contributed by atoms with Crippen molar-refractivity contribution in [1.29, 1.82) is 0 Å². The number of hydrogen-bond acceptors (Lipinski definition) is 1. The molecule has 0 aliphatic carbocycles. The summed E-state index contributed by atoms with van der Waals surface area (Å²) >= 11 is 0. The van der Waals surface area contributed by atoms with Gasteiger partial charge in [-0.05, 0) is 18.6 Å². The van der Waals surface area contributed by atoms with Gasteiger partial charge in [-0.3, -0.25) is 4.79 Å². The summed E-state index contributed by atoms with van der Waals surface area (Å²) in [6.07, 6.45) is -4.96. The second-order valence-corrected chi connectivity index (χ2v) is 2.74. The molecule has 0 atom stereocenters. The van der Waals surface area contributed by atoms with Gasteiger partial charge in [-0.15, -0.1) is 0 Å². The van der Waals surface area contributed by atoms with Crippen LogP contribution >= 0.6 is 0 Å². The largest absolute Gasteiger partial charge is 0.454 e. The zero-order valence-corrected chi connectivity index (χ0v) is 7.15. The van der Waals surface area contributed by atoms with Crippen LogP contribution in [-0.2, 0) is 0 Å². The predicted molar refractivity (Wildman–Crippen MR) is 41.5 cm³/mol. The quantitative estimate of drug-likeness (QED) is 0.510. The maximum absolute atomic E-state index is 12.8. The topological polar surface area (TPSA) is 17.1 Å². The minimum atomic E-state index is -4.96. The molecule has 0 N–H and O–H groups in total. The summed E-state index contributed by atoms with van der Waals surface area (Å²) in [5.41, 5.74) is -0.924. The standard InChI is InChI=1S/C9H6F4O/c1-5-6(3-2-4-7(5)10)8(14)9(11,12)13/h2-4H,1H3. The van der Waals surface area contributed by atoms with Gasteiger partial charge in [-0.1, -0.05) is 12.1 Å². The molecule has 1 nitrogen and oxygen atoms in total. The summed E-state index contributed by atoms with van der Waals surface area (Å²) in [6.45, 7) is 1.13. The molecular weight excluding hydrogens is 200 g/mol. The molecule has 0 saturated heterocycles. The van der Waals surface area contributed by atoms with E-state index in [9.17, 15) is 22.4 Å². The summed E-state index contributed by atoms with van der Waals surface area (Å²) in [5.74, 6) is -2.84. The highest BCUT2D eigenvalue weighted by Gasteiger charge is 2.40. The Hall–Kier alpha value is -1.39. The molecule has 1 rings (SSSR count). The summed E-state index contributed by atoms with van der Waals surface area (Å²) in [4.78, 5) is 10.7. The van der Waals surface area contributed by atoms with Crippen LogP contribution in [0.2, 0.25) is 0 Å². The first-order chi connectivity index (χ1) is 6.34. The van der Waals surface area contributed by atoms with E-state index in [1.807, 2.05) is 0 Å². The van der Waals surface area contributed by atoms with Gasteiger partial charge in [0.25, 0.3) is 5.78 Å². The van der Waals surface area contributed by atoms with E-state index in [0.717, 1.165) is 25.1 Å². The molecule has 5 heteroatoms. The highest BCUT2D eigenvalue weighted by atomic mass is 19.4. The Kier molecular flexibility index (Phi) is 2.59. The molecule has 0 fully saturated rings. The van der Waals surface area contributed by atoms with Gasteiger partial charge < -0.3 is 0 Å². The third-order valence-electron chi connectivity index (χ3n) is 1.77. The van der Waals surface area contributed by atoms with Gasteiger partial charge in [-0.25, -0.2) is 4.39 Å². The minimum absolute atomic E-state index is 0.283. The number of benzene rings is 1. The fourth-order valence-corrected chi connectivity index (χ4v) is 1.01. The average Bonchev–Trinajstić information content (AvgIpc) is 2.07. The van der Waals surface area contributed by atoms with Crippen LogP contribution in [0.5, 0.6) is 0 Å². The Morgan fingerprint density at radius 2 is 1.86 bits per heavy atom. The van der Waals surface area contributed by atoms with Crippen LogP contribution in [0.15, 0.2) is 18.2 Å². The Bertz CT molecular complexity index is 368. The molecule has 0 saturated carbocycles. The first-order valence-corrected chi connectivity index (χ1v) is 3.70. The first kappa shape index (κ1) is 10.7. The summed E-state index contributed by atoms with van der Waals surface area (Å²) in [6, 6.07) is 3.03. The number of rotatable bonds is 1. The number of carbonyl (C=O) groups excluding carboxylic acids is 1. The lowest BCUT2D eigenvalue weighted by atomic mass is 10.0. The number of ketones is 1. The number of hydrogen-bond donors (Lipinski definition) is 0. The van der Waals surface area contributed by atoms with Crippen molar-refractivity contribution in [2.24, 2.45) is 0 Å². The Labute approximate surface area is 77.3 Å². The first-order valence-electron chi connectivity index (χ1n) is 3.70. The number of carbonyl (C=O) groups is 1. The monoisotopic (exact) mass is 206 g/mol. The van der Waals surface area contributed by atoms with Crippen LogP contribution < -0.4 is 0 Å². The minimum Gasteiger partial charge on any atom is -0.284 e. The van der Waals surface area contributed by atoms with E-state index < -0.39 is 23.3 Å². The zero-order chi connectivity index (χ0) is 10.9. The van der Waals surface area contributed by atoms with Crippen molar-refractivity contribution in [2.45, 2.75) is 13.1 Å². The van der Waals surface area contributed by atoms with Gasteiger partial charge in [0.1, 0.15) is 5.82 Å². The SMILES string of the molecule is Cc1c(F)cccc1C(=O)C(F)(F)F. The highest BCUT2D eigenvalue weighted by Crippen LogP contribution is 2.24. The number of halogens is 4. The van der Waals surface area contributed by atoms with Crippen LogP contribution in [0, 0.1) is 12.7 Å². The average molecular weight is 206 g/mol. The third kappa shape index (κ3) is 1.92. The molecule has 0 amide bonds. The molecule has 1 aromatic rings. The fraction of sp³-hybridized carbons (Fsp3) is 0.222. The molecule has 0 heterocycles. The van der Waals surface area contributed by atoms with E-state index in [2.05, 4.69) is 0 Å². The molecule has 0 unspecified atom stereocenters. The Morgan fingerprint density at radius 1 is 1.29 bits per heavy atom. The van der Waals surface area contributed by atoms with Crippen molar-refractivity contribution in [1.82, 2.24) is 0 Å². The van der Waals surface area contributed by atoms with Crippen molar-refractivity contribution in [3.05, 3.63) is 35.1 Å². The molecule has 1 aromatic carbocycles. The highest BCUT2D eigenvalue weighted by molar-refractivity contribution is 6.01. The molecule has 14 heavy (non-hydrogen) atoms.